The van der Waals surface area contributed by atoms with Gasteiger partial charge in [0.05, 0.1) is 28.6 Å². The Morgan fingerprint density at radius 3 is 2.60 bits per heavy atom. The van der Waals surface area contributed by atoms with Crippen LogP contribution in [0.5, 0.6) is 0 Å². The van der Waals surface area contributed by atoms with Gasteiger partial charge in [0.25, 0.3) is 0 Å². The Labute approximate surface area is 177 Å². The highest BCUT2D eigenvalue weighted by molar-refractivity contribution is 7.07. The van der Waals surface area contributed by atoms with Crippen molar-refractivity contribution < 1.29 is 9.59 Å². The van der Waals surface area contributed by atoms with Crippen molar-refractivity contribution in [2.45, 2.75) is 19.5 Å². The van der Waals surface area contributed by atoms with Crippen LogP contribution >= 0.6 is 11.3 Å². The maximum atomic E-state index is 12.2. The first-order chi connectivity index (χ1) is 14.7. The third-order valence-corrected chi connectivity index (χ3v) is 6.29. The van der Waals surface area contributed by atoms with Crippen LogP contribution in [0.1, 0.15) is 17.7 Å². The molecule has 0 aromatic carbocycles. The molecule has 0 spiro atoms. The van der Waals surface area contributed by atoms with Crippen molar-refractivity contribution in [1.82, 2.24) is 29.7 Å². The van der Waals surface area contributed by atoms with Gasteiger partial charge in [0.2, 0.25) is 5.91 Å². The van der Waals surface area contributed by atoms with E-state index in [9.17, 15) is 9.59 Å². The number of piperazine rings is 1. The lowest BCUT2D eigenvalue weighted by molar-refractivity contribution is -0.120. The molecule has 10 heteroatoms. The lowest BCUT2D eigenvalue weighted by atomic mass is 10.2. The van der Waals surface area contributed by atoms with E-state index in [0.717, 1.165) is 56.2 Å². The first-order valence-corrected chi connectivity index (χ1v) is 11.0. The average Bonchev–Trinajstić information content (AvgIpc) is 3.39. The molecule has 5 heterocycles. The maximum Gasteiger partial charge on any atom is 0.328 e. The number of rotatable bonds is 5. The van der Waals surface area contributed by atoms with E-state index in [4.69, 9.17) is 0 Å². The van der Waals surface area contributed by atoms with Crippen LogP contribution in [0, 0.1) is 0 Å². The van der Waals surface area contributed by atoms with Crippen LogP contribution in [0.15, 0.2) is 35.4 Å². The van der Waals surface area contributed by atoms with Gasteiger partial charge in [-0.1, -0.05) is 0 Å². The minimum absolute atomic E-state index is 0.234. The second-order valence-corrected chi connectivity index (χ2v) is 8.40. The lowest BCUT2D eigenvalue weighted by Crippen LogP contribution is -2.49. The summed E-state index contributed by atoms with van der Waals surface area (Å²) in [6.07, 6.45) is 3.92. The smallest absolute Gasteiger partial charge is 0.297 e. The molecule has 0 atom stereocenters. The van der Waals surface area contributed by atoms with Crippen molar-refractivity contribution >= 4 is 34.5 Å². The third kappa shape index (κ3) is 3.93. The van der Waals surface area contributed by atoms with Crippen LogP contribution in [0.3, 0.4) is 0 Å². The molecule has 3 amide bonds. The summed E-state index contributed by atoms with van der Waals surface area (Å²) in [6.45, 7) is 6.23. The number of imide groups is 1. The normalized spacial score (nSPS) is 18.9. The van der Waals surface area contributed by atoms with E-state index in [1.54, 1.807) is 26.9 Å². The van der Waals surface area contributed by atoms with Gasteiger partial charge in [0.1, 0.15) is 0 Å². The summed E-state index contributed by atoms with van der Waals surface area (Å²) in [7, 11) is 0. The van der Waals surface area contributed by atoms with Gasteiger partial charge in [-0.15, -0.1) is 11.3 Å². The number of carbonyl (C=O) groups excluding carboxylic acids is 2. The number of nitrogens with one attached hydrogen (secondary N) is 1. The Bertz CT molecular complexity index is 1060. The molecule has 9 nitrogen and oxygen atoms in total. The van der Waals surface area contributed by atoms with E-state index in [1.165, 1.54) is 5.56 Å². The highest BCUT2D eigenvalue weighted by Crippen LogP contribution is 2.24. The lowest BCUT2D eigenvalue weighted by Gasteiger charge is -2.34. The molecular weight excluding hydrogens is 402 g/mol. The molecule has 30 heavy (non-hydrogen) atoms. The van der Waals surface area contributed by atoms with Gasteiger partial charge >= 0.3 is 6.03 Å². The molecule has 0 radical (unpaired) electrons. The number of aromatic nitrogens is 3. The number of pyridine rings is 1. The molecule has 2 aliphatic rings. The van der Waals surface area contributed by atoms with Crippen LogP contribution < -0.4 is 10.2 Å². The third-order valence-electron chi connectivity index (χ3n) is 5.65. The number of anilines is 1. The minimum Gasteiger partial charge on any atom is -0.297 e. The summed E-state index contributed by atoms with van der Waals surface area (Å²) in [6, 6.07) is 3.78. The molecule has 2 saturated heterocycles. The Hall–Kier alpha value is -2.82. The van der Waals surface area contributed by atoms with E-state index in [0.29, 0.717) is 13.0 Å². The predicted molar refractivity (Wildman–Crippen MR) is 113 cm³/mol. The summed E-state index contributed by atoms with van der Waals surface area (Å²) >= 11 is 1.64. The van der Waals surface area contributed by atoms with Gasteiger partial charge < -0.3 is 0 Å². The molecule has 0 aliphatic carbocycles. The van der Waals surface area contributed by atoms with Gasteiger partial charge in [-0.05, 0) is 17.7 Å². The summed E-state index contributed by atoms with van der Waals surface area (Å²) in [5, 5.41) is 8.86. The number of thiazole rings is 1. The zero-order valence-electron chi connectivity index (χ0n) is 16.5. The van der Waals surface area contributed by atoms with E-state index >= 15 is 0 Å². The van der Waals surface area contributed by atoms with Gasteiger partial charge in [-0.25, -0.2) is 14.3 Å². The number of fused-ring (bicyclic) bond motifs is 1. The fourth-order valence-corrected chi connectivity index (χ4v) is 4.57. The largest absolute Gasteiger partial charge is 0.328 e. The average molecular weight is 426 g/mol. The number of carbonyl (C=O) groups is 2. The van der Waals surface area contributed by atoms with Crippen molar-refractivity contribution in [2.75, 3.05) is 37.6 Å². The molecule has 5 rings (SSSR count). The maximum absolute atomic E-state index is 12.2. The molecule has 0 bridgehead atoms. The van der Waals surface area contributed by atoms with Crippen molar-refractivity contribution in [3.63, 3.8) is 0 Å². The highest BCUT2D eigenvalue weighted by atomic mass is 32.1. The zero-order valence-corrected chi connectivity index (χ0v) is 17.3. The van der Waals surface area contributed by atoms with Gasteiger partial charge in [0, 0.05) is 63.8 Å². The first kappa shape index (κ1) is 19.2. The first-order valence-electron chi connectivity index (χ1n) is 10.0. The molecule has 3 aromatic rings. The molecule has 0 saturated carbocycles. The Morgan fingerprint density at radius 1 is 1.07 bits per heavy atom. The number of nitrogens with zero attached hydrogens (tertiary/aromatic N) is 6. The summed E-state index contributed by atoms with van der Waals surface area (Å²) in [4.78, 5) is 34.5. The van der Waals surface area contributed by atoms with Crippen LogP contribution in [-0.4, -0.2) is 69.1 Å². The Morgan fingerprint density at radius 2 is 1.87 bits per heavy atom. The summed E-state index contributed by atoms with van der Waals surface area (Å²) in [5.41, 5.74) is 5.83. The molecular formula is C20H23N7O2S. The topological polar surface area (TPSA) is 86.1 Å². The van der Waals surface area contributed by atoms with Gasteiger partial charge in [0.15, 0.2) is 0 Å². The second-order valence-electron chi connectivity index (χ2n) is 7.68. The van der Waals surface area contributed by atoms with Gasteiger partial charge in [-0.3, -0.25) is 24.8 Å². The van der Waals surface area contributed by atoms with Crippen molar-refractivity contribution in [3.05, 3.63) is 46.7 Å². The second kappa shape index (κ2) is 8.13. The SMILES string of the molecule is O=C1CCN(c2cnn3ccc(CN4CCN(Cc5cscn5)CC4)cc23)C(=O)N1. The highest BCUT2D eigenvalue weighted by Gasteiger charge is 2.26. The van der Waals surface area contributed by atoms with Crippen molar-refractivity contribution in [3.8, 4) is 0 Å². The molecule has 3 aromatic heterocycles. The van der Waals surface area contributed by atoms with E-state index in [1.807, 2.05) is 11.7 Å². The number of hydrogen-bond acceptors (Lipinski definition) is 7. The molecule has 2 fully saturated rings. The fourth-order valence-electron chi connectivity index (χ4n) is 4.02. The van der Waals surface area contributed by atoms with Crippen LogP contribution in [0.4, 0.5) is 10.5 Å². The van der Waals surface area contributed by atoms with E-state index in [-0.39, 0.29) is 11.9 Å². The summed E-state index contributed by atoms with van der Waals surface area (Å²) in [5.74, 6) is -0.234. The molecule has 1 N–H and O–H groups in total. The standard InChI is InChI=1S/C20H23N7O2S/c28-19-2-3-26(20(29)23-19)18-10-22-27-4-1-15(9-17(18)27)11-24-5-7-25(8-6-24)12-16-13-30-14-21-16/h1,4,9-10,13-14H,2-3,5-8,11-12H2,(H,23,28,29). The zero-order chi connectivity index (χ0) is 20.5. The quantitative estimate of drug-likeness (QED) is 0.668. The van der Waals surface area contributed by atoms with Crippen molar-refractivity contribution in [1.29, 1.82) is 0 Å². The van der Waals surface area contributed by atoms with Crippen LogP contribution in [0.25, 0.3) is 5.52 Å². The van der Waals surface area contributed by atoms with Gasteiger partial charge in [-0.2, -0.15) is 5.10 Å². The monoisotopic (exact) mass is 425 g/mol. The Balaban J connectivity index is 1.25. The predicted octanol–water partition coefficient (Wildman–Crippen LogP) is 1.55. The Kier molecular flexibility index (Phi) is 5.19. The minimum atomic E-state index is -0.386. The van der Waals surface area contributed by atoms with Crippen LogP contribution in [-0.2, 0) is 17.9 Å². The molecule has 0 unspecified atom stereocenters. The van der Waals surface area contributed by atoms with Crippen molar-refractivity contribution in [2.24, 2.45) is 0 Å². The number of hydrogen-bond donors (Lipinski definition) is 1. The molecule has 2 aliphatic heterocycles. The summed E-state index contributed by atoms with van der Waals surface area (Å²) < 4.78 is 1.77. The fraction of sp³-hybridized carbons (Fsp3) is 0.400. The molecule has 156 valence electrons. The number of amides is 3. The van der Waals surface area contributed by atoms with E-state index in [2.05, 4.69) is 42.7 Å². The van der Waals surface area contributed by atoms with E-state index < -0.39 is 0 Å². The number of urea groups is 1. The van der Waals surface area contributed by atoms with Crippen LogP contribution in [0.2, 0.25) is 0 Å².